The van der Waals surface area contributed by atoms with Gasteiger partial charge in [0.1, 0.15) is 5.69 Å². The zero-order valence-electron chi connectivity index (χ0n) is 19.0. The molecule has 3 rings (SSSR count). The van der Waals surface area contributed by atoms with Crippen LogP contribution < -0.4 is 4.90 Å². The molecule has 1 aromatic carbocycles. The van der Waals surface area contributed by atoms with E-state index in [1.54, 1.807) is 17.9 Å². The highest BCUT2D eigenvalue weighted by Crippen LogP contribution is 2.39. The summed E-state index contributed by atoms with van der Waals surface area (Å²) < 4.78 is 13.4. The van der Waals surface area contributed by atoms with Crippen molar-refractivity contribution in [3.05, 3.63) is 28.4 Å². The number of nitrogens with zero attached hydrogens (tertiary/aromatic N) is 4. The lowest BCUT2D eigenvalue weighted by Gasteiger charge is -2.42. The Hall–Kier alpha value is -1.97. The highest BCUT2D eigenvalue weighted by atomic mass is 28.4. The number of nitro groups is 1. The van der Waals surface area contributed by atoms with Gasteiger partial charge in [0.15, 0.2) is 8.32 Å². The molecule has 0 aliphatic carbocycles. The van der Waals surface area contributed by atoms with Gasteiger partial charge in [-0.2, -0.15) is 5.10 Å². The Kier molecular flexibility index (Phi) is 6.54. The Labute approximate surface area is 179 Å². The largest absolute Gasteiger partial charge is 0.414 e. The van der Waals surface area contributed by atoms with Gasteiger partial charge in [-0.15, -0.1) is 0 Å². The number of benzene rings is 1. The van der Waals surface area contributed by atoms with Gasteiger partial charge in [0.2, 0.25) is 0 Å². The predicted octanol–water partition coefficient (Wildman–Crippen LogP) is 4.58. The third-order valence-corrected chi connectivity index (χ3v) is 11.0. The van der Waals surface area contributed by atoms with Crippen LogP contribution in [0.2, 0.25) is 18.1 Å². The average molecular weight is 435 g/mol. The van der Waals surface area contributed by atoms with Gasteiger partial charge in [-0.25, -0.2) is 0 Å². The van der Waals surface area contributed by atoms with E-state index in [-0.39, 0.29) is 21.8 Å². The molecule has 2 heterocycles. The molecular weight excluding hydrogens is 400 g/mol. The minimum atomic E-state index is -1.82. The van der Waals surface area contributed by atoms with E-state index in [2.05, 4.69) is 43.9 Å². The van der Waals surface area contributed by atoms with E-state index in [1.807, 2.05) is 12.3 Å². The molecule has 8 nitrogen and oxygen atoms in total. The predicted molar refractivity (Wildman–Crippen MR) is 122 cm³/mol. The first-order chi connectivity index (χ1) is 14.0. The molecule has 0 amide bonds. The Morgan fingerprint density at radius 2 is 1.93 bits per heavy atom. The molecule has 0 spiro atoms. The number of nitro benzene ring substituents is 1. The molecule has 30 heavy (non-hydrogen) atoms. The fraction of sp³-hybridized carbons (Fsp3) is 0.667. The number of ether oxygens (including phenoxy) is 1. The first-order valence-electron chi connectivity index (χ1n) is 10.6. The number of aromatic nitrogens is 2. The van der Waals surface area contributed by atoms with E-state index in [0.717, 1.165) is 36.8 Å². The summed E-state index contributed by atoms with van der Waals surface area (Å²) >= 11 is 0. The lowest BCUT2D eigenvalue weighted by molar-refractivity contribution is -0.384. The van der Waals surface area contributed by atoms with Gasteiger partial charge in [-0.1, -0.05) is 20.8 Å². The monoisotopic (exact) mass is 434 g/mol. The van der Waals surface area contributed by atoms with E-state index in [9.17, 15) is 10.1 Å². The summed E-state index contributed by atoms with van der Waals surface area (Å²) in [6, 6.07) is 3.49. The van der Waals surface area contributed by atoms with Crippen molar-refractivity contribution in [2.75, 3.05) is 31.7 Å². The highest BCUT2D eigenvalue weighted by Gasteiger charge is 2.40. The van der Waals surface area contributed by atoms with Gasteiger partial charge in [0.05, 0.1) is 23.6 Å². The van der Waals surface area contributed by atoms with Gasteiger partial charge in [0, 0.05) is 44.0 Å². The molecule has 1 saturated heterocycles. The van der Waals surface area contributed by atoms with E-state index >= 15 is 0 Å². The van der Waals surface area contributed by atoms with Gasteiger partial charge in [-0.05, 0) is 37.0 Å². The van der Waals surface area contributed by atoms with Crippen LogP contribution in [0.1, 0.15) is 33.6 Å². The summed E-state index contributed by atoms with van der Waals surface area (Å²) in [6.07, 6.45) is 3.82. The second-order valence-electron chi connectivity index (χ2n) is 9.61. The molecule has 9 heteroatoms. The molecular formula is C21H34N4O4Si. The third-order valence-electron chi connectivity index (χ3n) is 6.42. The molecule has 0 N–H and O–H groups in total. The quantitative estimate of drug-likeness (QED) is 0.360. The van der Waals surface area contributed by atoms with Crippen LogP contribution in [-0.2, 0) is 15.7 Å². The lowest BCUT2D eigenvalue weighted by Crippen LogP contribution is -2.47. The fourth-order valence-electron chi connectivity index (χ4n) is 3.61. The number of anilines is 1. The van der Waals surface area contributed by atoms with E-state index in [1.165, 1.54) is 0 Å². The summed E-state index contributed by atoms with van der Waals surface area (Å²) in [6.45, 7) is 14.0. The number of hydrogen-bond acceptors (Lipinski definition) is 6. The third kappa shape index (κ3) is 4.84. The number of rotatable bonds is 7. The van der Waals surface area contributed by atoms with E-state index in [0.29, 0.717) is 18.8 Å². The Bertz CT molecular complexity index is 898. The van der Waals surface area contributed by atoms with Crippen molar-refractivity contribution >= 4 is 30.6 Å². The minimum absolute atomic E-state index is 0.137. The molecule has 1 aliphatic heterocycles. The molecule has 166 valence electrons. The standard InChI is InChI=1S/C21H34N4O4Si/c1-21(2,3)30(5,6)29-17-7-9-23(10-8-17)19-14-18-16(13-20(19)25(26)27)15-24(22-18)11-12-28-4/h13-15,17H,7-12H2,1-6H3. The van der Waals surface area contributed by atoms with Crippen LogP contribution in [0.4, 0.5) is 11.4 Å². The topological polar surface area (TPSA) is 82.7 Å². The second kappa shape index (κ2) is 8.64. The summed E-state index contributed by atoms with van der Waals surface area (Å²) in [5, 5.41) is 17.3. The molecule has 0 atom stereocenters. The zero-order chi connectivity index (χ0) is 22.1. The lowest BCUT2D eigenvalue weighted by atomic mass is 10.1. The highest BCUT2D eigenvalue weighted by molar-refractivity contribution is 6.74. The molecule has 1 fully saturated rings. The number of methoxy groups -OCH3 is 1. The van der Waals surface area contributed by atoms with E-state index < -0.39 is 8.32 Å². The van der Waals surface area contributed by atoms with Crippen molar-refractivity contribution in [2.24, 2.45) is 0 Å². The zero-order valence-corrected chi connectivity index (χ0v) is 20.0. The van der Waals surface area contributed by atoms with Crippen LogP contribution >= 0.6 is 0 Å². The maximum atomic E-state index is 11.8. The molecule has 0 unspecified atom stereocenters. The van der Waals surface area contributed by atoms with Crippen molar-refractivity contribution < 1.29 is 14.1 Å². The summed E-state index contributed by atoms with van der Waals surface area (Å²) in [4.78, 5) is 13.6. The van der Waals surface area contributed by atoms with Crippen molar-refractivity contribution in [1.29, 1.82) is 0 Å². The van der Waals surface area contributed by atoms with Gasteiger partial charge < -0.3 is 14.1 Å². The Morgan fingerprint density at radius 3 is 2.50 bits per heavy atom. The fourth-order valence-corrected chi connectivity index (χ4v) is 5.03. The number of piperidine rings is 1. The van der Waals surface area contributed by atoms with Crippen LogP contribution in [0.5, 0.6) is 0 Å². The summed E-state index contributed by atoms with van der Waals surface area (Å²) in [5.41, 5.74) is 1.55. The van der Waals surface area contributed by atoms with Crippen LogP contribution in [0, 0.1) is 10.1 Å². The molecule has 1 aliphatic rings. The molecule has 0 saturated carbocycles. The summed E-state index contributed by atoms with van der Waals surface area (Å²) in [7, 11) is -0.173. The first kappa shape index (κ1) is 22.7. The van der Waals surface area contributed by atoms with Crippen LogP contribution in [0.3, 0.4) is 0 Å². The normalized spacial score (nSPS) is 16.4. The maximum absolute atomic E-state index is 11.8. The Morgan fingerprint density at radius 1 is 1.27 bits per heavy atom. The SMILES string of the molecule is COCCn1cc2cc([N+](=O)[O-])c(N3CCC(O[Si](C)(C)C(C)(C)C)CC3)cc2n1. The Balaban J connectivity index is 1.78. The number of hydrogen-bond donors (Lipinski definition) is 0. The van der Waals surface area contributed by atoms with Gasteiger partial charge in [-0.3, -0.25) is 14.8 Å². The first-order valence-corrected chi connectivity index (χ1v) is 13.5. The van der Waals surface area contributed by atoms with Crippen molar-refractivity contribution in [1.82, 2.24) is 9.78 Å². The number of fused-ring (bicyclic) bond motifs is 1. The smallest absolute Gasteiger partial charge is 0.293 e. The minimum Gasteiger partial charge on any atom is -0.414 e. The van der Waals surface area contributed by atoms with Crippen molar-refractivity contribution in [2.45, 2.75) is 64.4 Å². The van der Waals surface area contributed by atoms with Crippen molar-refractivity contribution in [3.63, 3.8) is 0 Å². The van der Waals surface area contributed by atoms with E-state index in [4.69, 9.17) is 9.16 Å². The average Bonchev–Trinajstić information content (AvgIpc) is 3.06. The summed E-state index contributed by atoms with van der Waals surface area (Å²) in [5.74, 6) is 0. The van der Waals surface area contributed by atoms with Gasteiger partial charge in [0.25, 0.3) is 5.69 Å². The maximum Gasteiger partial charge on any atom is 0.293 e. The molecule has 1 aromatic heterocycles. The van der Waals surface area contributed by atoms with Crippen LogP contribution in [0.15, 0.2) is 18.3 Å². The second-order valence-corrected chi connectivity index (χ2v) is 14.4. The molecule has 2 aromatic rings. The van der Waals surface area contributed by atoms with Crippen molar-refractivity contribution in [3.8, 4) is 0 Å². The van der Waals surface area contributed by atoms with Crippen LogP contribution in [0.25, 0.3) is 10.9 Å². The molecule has 0 bridgehead atoms. The molecule has 0 radical (unpaired) electrons. The van der Waals surface area contributed by atoms with Crippen LogP contribution in [-0.4, -0.2) is 55.9 Å². The van der Waals surface area contributed by atoms with Gasteiger partial charge >= 0.3 is 0 Å².